The molecule has 3 atom stereocenters. The van der Waals surface area contributed by atoms with Crippen LogP contribution in [0.4, 0.5) is 5.69 Å². The summed E-state index contributed by atoms with van der Waals surface area (Å²) in [6.07, 6.45) is 5.51. The molecule has 4 heterocycles. The number of carbonyl (C=O) groups excluding carboxylic acids is 1. The van der Waals surface area contributed by atoms with Gasteiger partial charge in [0.25, 0.3) is 5.91 Å². The summed E-state index contributed by atoms with van der Waals surface area (Å²) in [5.74, 6) is 2.28. The average Bonchev–Trinajstić information content (AvgIpc) is 3.43. The lowest BCUT2D eigenvalue weighted by Crippen LogP contribution is -2.41. The summed E-state index contributed by atoms with van der Waals surface area (Å²) in [5.41, 5.74) is 12.3. The highest BCUT2D eigenvalue weighted by Gasteiger charge is 2.47. The van der Waals surface area contributed by atoms with Gasteiger partial charge in [-0.15, -0.1) is 0 Å². The largest absolute Gasteiger partial charge is 0.494 e. The minimum absolute atomic E-state index is 0.0227. The molecule has 0 unspecified atom stereocenters. The Balaban J connectivity index is 1.22. The second-order valence-electron chi connectivity index (χ2n) is 13.1. The first-order valence-electron chi connectivity index (χ1n) is 15.8. The average molecular weight is 640 g/mol. The molecule has 5 aromatic rings. The zero-order valence-corrected chi connectivity index (χ0v) is 26.9. The molecule has 8 rings (SSSR count). The van der Waals surface area contributed by atoms with E-state index in [1.807, 2.05) is 46.8 Å². The number of aromatic nitrogens is 4. The summed E-state index contributed by atoms with van der Waals surface area (Å²) < 4.78 is 36.3. The molecule has 3 fully saturated rings. The van der Waals surface area contributed by atoms with Gasteiger partial charge in [-0.05, 0) is 80.0 Å². The van der Waals surface area contributed by atoms with Gasteiger partial charge in [0.05, 0.1) is 30.3 Å². The van der Waals surface area contributed by atoms with Crippen molar-refractivity contribution in [3.8, 4) is 28.5 Å². The minimum atomic E-state index is -3.41. The number of benzene rings is 2. The number of pyridine rings is 1. The van der Waals surface area contributed by atoms with E-state index in [1.54, 1.807) is 19.2 Å². The number of ether oxygens (including phenoxy) is 1. The third-order valence-corrected chi connectivity index (χ3v) is 10.5. The van der Waals surface area contributed by atoms with Gasteiger partial charge < -0.3 is 24.5 Å². The van der Waals surface area contributed by atoms with E-state index in [0.29, 0.717) is 40.9 Å². The molecule has 1 aliphatic heterocycles. The molecule has 2 aliphatic carbocycles. The molecule has 12 heteroatoms. The second kappa shape index (κ2) is 10.6. The predicted octanol–water partition coefficient (Wildman–Crippen LogP) is 4.61. The molecule has 0 spiro atoms. The summed E-state index contributed by atoms with van der Waals surface area (Å²) in [6.45, 7) is 1.51. The molecule has 2 saturated carbocycles. The first-order chi connectivity index (χ1) is 22.1. The number of methoxy groups -OCH3 is 1. The minimum Gasteiger partial charge on any atom is -0.494 e. The molecule has 1 saturated heterocycles. The zero-order valence-electron chi connectivity index (χ0n) is 26.1. The fraction of sp³-hybridized carbons (Fsp3) is 0.382. The van der Waals surface area contributed by atoms with Crippen LogP contribution in [0.3, 0.4) is 0 Å². The van der Waals surface area contributed by atoms with Crippen molar-refractivity contribution in [2.24, 2.45) is 24.6 Å². The van der Waals surface area contributed by atoms with Crippen LogP contribution >= 0.6 is 0 Å². The molecule has 46 heavy (non-hydrogen) atoms. The van der Waals surface area contributed by atoms with Gasteiger partial charge in [-0.1, -0.05) is 12.1 Å². The third-order valence-electron chi connectivity index (χ3n) is 9.89. The van der Waals surface area contributed by atoms with Crippen molar-refractivity contribution >= 4 is 43.7 Å². The molecule has 238 valence electrons. The highest BCUT2D eigenvalue weighted by atomic mass is 32.2. The molecule has 2 bridgehead atoms. The summed E-state index contributed by atoms with van der Waals surface area (Å²) in [5, 5.41) is 0.986. The van der Waals surface area contributed by atoms with E-state index in [2.05, 4.69) is 21.4 Å². The normalized spacial score (nSPS) is 21.0. The predicted molar refractivity (Wildman–Crippen MR) is 178 cm³/mol. The van der Waals surface area contributed by atoms with Crippen LogP contribution < -0.4 is 15.2 Å². The summed E-state index contributed by atoms with van der Waals surface area (Å²) in [4.78, 5) is 25.9. The Morgan fingerprint density at radius 2 is 1.89 bits per heavy atom. The number of rotatable bonds is 8. The summed E-state index contributed by atoms with van der Waals surface area (Å²) in [7, 11) is 0.195. The second-order valence-corrected chi connectivity index (χ2v) is 14.9. The lowest BCUT2D eigenvalue weighted by atomic mass is 10.1. The number of hydrogen-bond donors (Lipinski definition) is 2. The van der Waals surface area contributed by atoms with Crippen LogP contribution in [0.1, 0.15) is 36.0 Å². The number of piperidine rings is 1. The Labute approximate surface area is 267 Å². The number of hydrogen-bond acceptors (Lipinski definition) is 7. The van der Waals surface area contributed by atoms with E-state index >= 15 is 0 Å². The van der Waals surface area contributed by atoms with Crippen LogP contribution in [-0.2, 0) is 23.6 Å². The van der Waals surface area contributed by atoms with Crippen molar-refractivity contribution in [3.05, 3.63) is 60.2 Å². The summed E-state index contributed by atoms with van der Waals surface area (Å²) in [6, 6.07) is 17.2. The number of nitrogens with one attached hydrogen (secondary N) is 1. The maximum Gasteiger partial charge on any atom is 0.254 e. The molecule has 2 aromatic carbocycles. The highest BCUT2D eigenvalue weighted by Crippen LogP contribution is 2.40. The Morgan fingerprint density at radius 1 is 1.07 bits per heavy atom. The van der Waals surface area contributed by atoms with Gasteiger partial charge in [-0.25, -0.2) is 18.4 Å². The topological polar surface area (TPSA) is 137 Å². The fourth-order valence-electron chi connectivity index (χ4n) is 7.44. The number of sulfonamides is 1. The number of carbonyl (C=O) groups is 1. The number of fused-ring (bicyclic) bond motifs is 4. The lowest BCUT2D eigenvalue weighted by Gasteiger charge is -2.27. The van der Waals surface area contributed by atoms with Crippen LogP contribution in [-0.4, -0.2) is 70.3 Å². The quantitative estimate of drug-likeness (QED) is 0.253. The maximum absolute atomic E-state index is 13.7. The fourth-order valence-corrected chi connectivity index (χ4v) is 7.99. The van der Waals surface area contributed by atoms with Crippen LogP contribution in [0.2, 0.25) is 0 Å². The van der Waals surface area contributed by atoms with E-state index in [-0.39, 0.29) is 18.0 Å². The van der Waals surface area contributed by atoms with Crippen molar-refractivity contribution in [3.63, 3.8) is 0 Å². The number of amides is 1. The zero-order chi connectivity index (χ0) is 31.9. The molecular formula is C34H37N7O4S. The number of likely N-dealkylation sites (tertiary alicyclic amines) is 1. The SMILES string of the molecule is COc1cc(C(=O)N2C[C@H]3CC[C@@H]2[C@@H]3N)cc2nc(-c3cc4ccc(-c5cccc(NS(C)(=O)=O)c5)nc4n3CC3CC3)n(C)c12. The van der Waals surface area contributed by atoms with Gasteiger partial charge in [-0.2, -0.15) is 0 Å². The van der Waals surface area contributed by atoms with E-state index in [0.717, 1.165) is 65.0 Å². The van der Waals surface area contributed by atoms with E-state index in [4.69, 9.17) is 20.4 Å². The highest BCUT2D eigenvalue weighted by molar-refractivity contribution is 7.92. The Hall–Kier alpha value is -4.42. The Kier molecular flexibility index (Phi) is 6.66. The van der Waals surface area contributed by atoms with Crippen LogP contribution in [0.15, 0.2) is 54.6 Å². The first kappa shape index (κ1) is 29.0. The first-order valence-corrected chi connectivity index (χ1v) is 17.7. The van der Waals surface area contributed by atoms with Crippen LogP contribution in [0.25, 0.3) is 44.8 Å². The Morgan fingerprint density at radius 3 is 2.59 bits per heavy atom. The molecule has 3 N–H and O–H groups in total. The Bertz CT molecular complexity index is 2150. The monoisotopic (exact) mass is 639 g/mol. The lowest BCUT2D eigenvalue weighted by molar-refractivity contribution is 0.0700. The van der Waals surface area contributed by atoms with Gasteiger partial charge in [0, 0.05) is 54.4 Å². The van der Waals surface area contributed by atoms with E-state index in [1.165, 1.54) is 12.8 Å². The van der Waals surface area contributed by atoms with Gasteiger partial charge in [0.15, 0.2) is 5.82 Å². The van der Waals surface area contributed by atoms with Crippen LogP contribution in [0.5, 0.6) is 5.75 Å². The molecule has 11 nitrogen and oxygen atoms in total. The van der Waals surface area contributed by atoms with Gasteiger partial charge in [-0.3, -0.25) is 9.52 Å². The van der Waals surface area contributed by atoms with Crippen molar-refractivity contribution < 1.29 is 17.9 Å². The third kappa shape index (κ3) is 4.91. The van der Waals surface area contributed by atoms with E-state index < -0.39 is 10.0 Å². The standard InChI is InChI=1S/C34H37N7O4S/c1-39-31-26(14-23(16-29(31)45-2)34(42)41-18-22-10-12-27(41)30(22)35)37-33(39)28-15-21-9-11-25(36-32(21)40(28)17-19-7-8-19)20-5-4-6-24(13-20)38-46(3,43)44/h4-6,9,11,13-16,19,22,27,30,38H,7-8,10,12,17-18,35H2,1-3H3/t22-,27-,30-/m1/s1. The summed E-state index contributed by atoms with van der Waals surface area (Å²) >= 11 is 0. The maximum atomic E-state index is 13.7. The van der Waals surface area contributed by atoms with Crippen molar-refractivity contribution in [2.75, 3.05) is 24.6 Å². The van der Waals surface area contributed by atoms with Crippen molar-refractivity contribution in [1.82, 2.24) is 24.0 Å². The molecule has 0 radical (unpaired) electrons. The van der Waals surface area contributed by atoms with Gasteiger partial charge >= 0.3 is 0 Å². The molecule has 3 aromatic heterocycles. The van der Waals surface area contributed by atoms with Crippen molar-refractivity contribution in [2.45, 2.75) is 44.3 Å². The smallest absolute Gasteiger partial charge is 0.254 e. The number of aryl methyl sites for hydroxylation is 1. The number of nitrogens with two attached hydrogens (primary N) is 1. The van der Waals surface area contributed by atoms with Gasteiger partial charge in [0.2, 0.25) is 10.0 Å². The van der Waals surface area contributed by atoms with E-state index in [9.17, 15) is 13.2 Å². The molecule has 1 amide bonds. The van der Waals surface area contributed by atoms with Crippen molar-refractivity contribution in [1.29, 1.82) is 0 Å². The number of anilines is 1. The number of nitrogens with zero attached hydrogens (tertiary/aromatic N) is 5. The molecular weight excluding hydrogens is 602 g/mol. The molecule has 3 aliphatic rings. The van der Waals surface area contributed by atoms with Crippen LogP contribution in [0, 0.1) is 11.8 Å². The van der Waals surface area contributed by atoms with Gasteiger partial charge in [0.1, 0.15) is 16.9 Å². The number of imidazole rings is 1.